The van der Waals surface area contributed by atoms with Gasteiger partial charge in [-0.15, -0.1) is 0 Å². The summed E-state index contributed by atoms with van der Waals surface area (Å²) in [5, 5.41) is 17.8. The number of carbonyl (C=O) groups excluding carboxylic acids is 2. The summed E-state index contributed by atoms with van der Waals surface area (Å²) in [6.45, 7) is 1.17. The van der Waals surface area contributed by atoms with Gasteiger partial charge in [-0.25, -0.2) is 0 Å². The molecule has 2 amide bonds. The number of carbonyl (C=O) groups is 2. The van der Waals surface area contributed by atoms with E-state index in [1.54, 1.807) is 0 Å². The summed E-state index contributed by atoms with van der Waals surface area (Å²) in [7, 11) is 0. The lowest BCUT2D eigenvalue weighted by Crippen LogP contribution is -2.36. The Morgan fingerprint density at radius 1 is 0.923 bits per heavy atom. The zero-order valence-electron chi connectivity index (χ0n) is 15.9. The van der Waals surface area contributed by atoms with Crippen LogP contribution in [0.5, 0.6) is 0 Å². The summed E-state index contributed by atoms with van der Waals surface area (Å²) >= 11 is 0. The molecule has 0 unspecified atom stereocenters. The summed E-state index contributed by atoms with van der Waals surface area (Å²) in [6, 6.07) is 2.14. The highest BCUT2D eigenvalue weighted by molar-refractivity contribution is 5.97. The van der Waals surface area contributed by atoms with E-state index in [1.807, 2.05) is 6.07 Å². The summed E-state index contributed by atoms with van der Waals surface area (Å²) in [6.07, 6.45) is 16.2. The summed E-state index contributed by atoms with van der Waals surface area (Å²) in [4.78, 5) is 22.5. The molecule has 0 spiro atoms. The highest BCUT2D eigenvalue weighted by Gasteiger charge is 2.15. The Labute approximate surface area is 157 Å². The smallest absolute Gasteiger partial charge is 0.263 e. The van der Waals surface area contributed by atoms with Crippen LogP contribution in [0.15, 0.2) is 11.8 Å². The van der Waals surface area contributed by atoms with Crippen LogP contribution < -0.4 is 16.0 Å². The van der Waals surface area contributed by atoms with Gasteiger partial charge < -0.3 is 16.0 Å². The number of nitriles is 1. The van der Waals surface area contributed by atoms with E-state index in [4.69, 9.17) is 0 Å². The van der Waals surface area contributed by atoms with Gasteiger partial charge in [-0.2, -0.15) is 5.26 Å². The molecular weight excluding hydrogens is 328 g/mol. The van der Waals surface area contributed by atoms with Crippen molar-refractivity contribution in [2.75, 3.05) is 13.1 Å². The third-order valence-electron chi connectivity index (χ3n) is 4.78. The van der Waals surface area contributed by atoms with E-state index in [9.17, 15) is 14.9 Å². The predicted molar refractivity (Wildman–Crippen MR) is 103 cm³/mol. The number of hydrogen-bond donors (Lipinski definition) is 3. The van der Waals surface area contributed by atoms with E-state index < -0.39 is 0 Å². The zero-order valence-corrected chi connectivity index (χ0v) is 15.9. The molecule has 6 heteroatoms. The van der Waals surface area contributed by atoms with E-state index in [1.165, 1.54) is 51.1 Å². The number of amides is 2. The molecule has 1 rings (SSSR count). The Balaban J connectivity index is 2.43. The first-order chi connectivity index (χ1) is 12.8. The summed E-state index contributed by atoms with van der Waals surface area (Å²) < 4.78 is 0. The van der Waals surface area contributed by atoms with Gasteiger partial charge in [-0.3, -0.25) is 9.59 Å². The third-order valence-corrected chi connectivity index (χ3v) is 4.78. The molecular formula is C20H34N4O2. The molecule has 1 aliphatic carbocycles. The molecule has 3 N–H and O–H groups in total. The molecule has 0 saturated heterocycles. The largest absolute Gasteiger partial charge is 0.390 e. The zero-order chi connectivity index (χ0) is 18.9. The highest BCUT2D eigenvalue weighted by Crippen LogP contribution is 2.17. The maximum Gasteiger partial charge on any atom is 0.263 e. The predicted octanol–water partition coefficient (Wildman–Crippen LogP) is 2.91. The summed E-state index contributed by atoms with van der Waals surface area (Å²) in [5.41, 5.74) is 0.111. The number of rotatable bonds is 8. The van der Waals surface area contributed by atoms with E-state index in [2.05, 4.69) is 16.0 Å². The minimum Gasteiger partial charge on any atom is -0.390 e. The van der Waals surface area contributed by atoms with Crippen LogP contribution in [0.2, 0.25) is 0 Å². The fourth-order valence-electron chi connectivity index (χ4n) is 3.24. The quantitative estimate of drug-likeness (QED) is 0.268. The number of nitrogens with zero attached hydrogens (tertiary/aromatic N) is 1. The molecule has 0 atom stereocenters. The molecule has 6 nitrogen and oxygen atoms in total. The number of nitrogens with one attached hydrogen (secondary N) is 3. The van der Waals surface area contributed by atoms with Crippen LogP contribution in [0.3, 0.4) is 0 Å². The maximum atomic E-state index is 12.4. The van der Waals surface area contributed by atoms with Crippen LogP contribution in [0, 0.1) is 11.3 Å². The van der Waals surface area contributed by atoms with E-state index in [0.29, 0.717) is 19.5 Å². The van der Waals surface area contributed by atoms with Crippen molar-refractivity contribution < 1.29 is 9.59 Å². The maximum absolute atomic E-state index is 12.4. The van der Waals surface area contributed by atoms with E-state index in [-0.39, 0.29) is 17.5 Å². The Bertz CT molecular complexity index is 459. The lowest BCUT2D eigenvalue weighted by atomic mass is 9.98. The van der Waals surface area contributed by atoms with Crippen molar-refractivity contribution in [3.8, 4) is 6.07 Å². The molecule has 26 heavy (non-hydrogen) atoms. The average Bonchev–Trinajstić information content (AvgIpc) is 2.63. The van der Waals surface area contributed by atoms with Crippen LogP contribution in [-0.4, -0.2) is 31.4 Å². The van der Waals surface area contributed by atoms with Gasteiger partial charge in [-0.05, 0) is 19.3 Å². The lowest BCUT2D eigenvalue weighted by Gasteiger charge is -2.19. The molecule has 146 valence electrons. The first kappa shape index (κ1) is 22.0. The van der Waals surface area contributed by atoms with Gasteiger partial charge in [-0.1, -0.05) is 57.8 Å². The Kier molecular flexibility index (Phi) is 12.9. The van der Waals surface area contributed by atoms with Crippen molar-refractivity contribution >= 4 is 12.3 Å². The van der Waals surface area contributed by atoms with Gasteiger partial charge >= 0.3 is 0 Å². The minimum absolute atomic E-state index is 0.111. The molecule has 0 heterocycles. The second kappa shape index (κ2) is 15.2. The van der Waals surface area contributed by atoms with E-state index >= 15 is 0 Å². The Morgan fingerprint density at radius 2 is 1.46 bits per heavy atom. The van der Waals surface area contributed by atoms with Crippen LogP contribution >= 0.6 is 0 Å². The molecule has 1 fully saturated rings. The van der Waals surface area contributed by atoms with Crippen molar-refractivity contribution in [2.45, 2.75) is 83.1 Å². The van der Waals surface area contributed by atoms with Crippen LogP contribution in [-0.2, 0) is 9.59 Å². The van der Waals surface area contributed by atoms with Gasteiger partial charge in [0.2, 0.25) is 6.41 Å². The molecule has 1 saturated carbocycles. The van der Waals surface area contributed by atoms with Crippen molar-refractivity contribution in [3.05, 3.63) is 11.8 Å². The number of hydrogen-bond acceptors (Lipinski definition) is 4. The second-order valence-electron chi connectivity index (χ2n) is 6.98. The summed E-state index contributed by atoms with van der Waals surface area (Å²) in [5.74, 6) is -0.289. The van der Waals surface area contributed by atoms with Crippen molar-refractivity contribution in [1.82, 2.24) is 16.0 Å². The Morgan fingerprint density at radius 3 is 2.00 bits per heavy atom. The molecule has 0 aromatic heterocycles. The third kappa shape index (κ3) is 10.8. The molecule has 0 aliphatic heterocycles. The van der Waals surface area contributed by atoms with Crippen LogP contribution in [0.25, 0.3) is 0 Å². The molecule has 0 bridgehead atoms. The fraction of sp³-hybridized carbons (Fsp3) is 0.750. The normalized spacial score (nSPS) is 17.9. The SMILES string of the molecule is N#C/C(=C/NCCCNC=O)C(=O)NC1CCCCCCCCCCC1. The molecule has 1 aliphatic rings. The van der Waals surface area contributed by atoms with Gasteiger partial charge in [0.15, 0.2) is 0 Å². The second-order valence-corrected chi connectivity index (χ2v) is 6.98. The Hall–Kier alpha value is -2.03. The topological polar surface area (TPSA) is 94.0 Å². The van der Waals surface area contributed by atoms with Crippen molar-refractivity contribution in [2.24, 2.45) is 0 Å². The fourth-order valence-corrected chi connectivity index (χ4v) is 3.24. The van der Waals surface area contributed by atoms with Crippen LogP contribution in [0.1, 0.15) is 77.0 Å². The van der Waals surface area contributed by atoms with Crippen molar-refractivity contribution in [1.29, 1.82) is 5.26 Å². The molecule has 0 aromatic carbocycles. The lowest BCUT2D eigenvalue weighted by molar-refractivity contribution is -0.118. The van der Waals surface area contributed by atoms with Gasteiger partial charge in [0.05, 0.1) is 0 Å². The van der Waals surface area contributed by atoms with E-state index in [0.717, 1.165) is 32.1 Å². The first-order valence-corrected chi connectivity index (χ1v) is 10.1. The van der Waals surface area contributed by atoms with Crippen LogP contribution in [0.4, 0.5) is 0 Å². The average molecular weight is 363 g/mol. The van der Waals surface area contributed by atoms with Gasteiger partial charge in [0, 0.05) is 25.3 Å². The van der Waals surface area contributed by atoms with Gasteiger partial charge in [0.1, 0.15) is 11.6 Å². The monoisotopic (exact) mass is 362 g/mol. The standard InChI is InChI=1S/C20H34N4O2/c21-15-18(16-22-13-10-14-23-17-25)20(26)24-19-11-8-6-4-2-1-3-5-7-9-12-19/h16-17,19,22H,1-14H2,(H,23,25)(H,24,26)/b18-16-. The first-order valence-electron chi connectivity index (χ1n) is 10.1. The molecule has 0 radical (unpaired) electrons. The minimum atomic E-state index is -0.289. The van der Waals surface area contributed by atoms with Gasteiger partial charge in [0.25, 0.3) is 5.91 Å². The highest BCUT2D eigenvalue weighted by atomic mass is 16.1. The molecule has 0 aromatic rings. The van der Waals surface area contributed by atoms with Crippen molar-refractivity contribution in [3.63, 3.8) is 0 Å².